The Morgan fingerprint density at radius 3 is 2.69 bits per heavy atom. The molecular formula is C24H26N2O6. The zero-order valence-corrected chi connectivity index (χ0v) is 18.3. The van der Waals surface area contributed by atoms with E-state index in [-0.39, 0.29) is 23.1 Å². The van der Waals surface area contributed by atoms with Gasteiger partial charge in [0.2, 0.25) is 5.91 Å². The Kier molecular flexibility index (Phi) is 4.85. The molecule has 1 amide bonds. The second-order valence-corrected chi connectivity index (χ2v) is 8.69. The Labute approximate surface area is 186 Å². The first kappa shape index (κ1) is 20.8. The second kappa shape index (κ2) is 7.48. The molecule has 0 spiro atoms. The van der Waals surface area contributed by atoms with Crippen LogP contribution in [-0.4, -0.2) is 61.3 Å². The Hall–Kier alpha value is -3.13. The van der Waals surface area contributed by atoms with E-state index in [1.54, 1.807) is 6.08 Å². The van der Waals surface area contributed by atoms with Gasteiger partial charge >= 0.3 is 11.9 Å². The van der Waals surface area contributed by atoms with Crippen molar-refractivity contribution in [2.45, 2.75) is 50.0 Å². The summed E-state index contributed by atoms with van der Waals surface area (Å²) in [4.78, 5) is 40.0. The van der Waals surface area contributed by atoms with Gasteiger partial charge in [0.15, 0.2) is 0 Å². The maximum Gasteiger partial charge on any atom is 0.337 e. The van der Waals surface area contributed by atoms with Crippen molar-refractivity contribution in [2.75, 3.05) is 26.1 Å². The Balaban J connectivity index is 1.61. The van der Waals surface area contributed by atoms with Crippen LogP contribution >= 0.6 is 0 Å². The van der Waals surface area contributed by atoms with Crippen LogP contribution in [0.4, 0.5) is 5.69 Å². The fourth-order valence-electron chi connectivity index (χ4n) is 5.50. The molecule has 4 atom stereocenters. The number of fused-ring (bicyclic) bond motifs is 3. The first-order valence-corrected chi connectivity index (χ1v) is 10.8. The molecule has 4 aliphatic heterocycles. The van der Waals surface area contributed by atoms with Crippen LogP contribution in [0.3, 0.4) is 0 Å². The maximum absolute atomic E-state index is 12.9. The molecule has 1 aromatic rings. The minimum absolute atomic E-state index is 0.131. The lowest BCUT2D eigenvalue weighted by molar-refractivity contribution is -0.139. The highest BCUT2D eigenvalue weighted by atomic mass is 16.6. The highest BCUT2D eigenvalue weighted by Crippen LogP contribution is 2.51. The van der Waals surface area contributed by atoms with Crippen molar-refractivity contribution in [1.29, 1.82) is 0 Å². The standard InChI is InChI=1S/C24H26N2O6/c1-13-6-7-15-14(11-13)16(26-10-4-5-19(26)27)12-18(25-15)24-9-8-17(32-24)20(22(28)30-2)21(24)23(29)31-3/h6-9,11,16-18,25H,4-5,10,12H2,1-3H3. The second-order valence-electron chi connectivity index (χ2n) is 8.69. The molecule has 8 nitrogen and oxygen atoms in total. The number of esters is 2. The third kappa shape index (κ3) is 2.89. The summed E-state index contributed by atoms with van der Waals surface area (Å²) in [7, 11) is 2.56. The van der Waals surface area contributed by atoms with Gasteiger partial charge in [0, 0.05) is 18.7 Å². The molecule has 8 heteroatoms. The molecule has 1 N–H and O–H groups in total. The Morgan fingerprint density at radius 1 is 1.22 bits per heavy atom. The molecule has 0 aromatic heterocycles. The van der Waals surface area contributed by atoms with Crippen molar-refractivity contribution in [2.24, 2.45) is 0 Å². The van der Waals surface area contributed by atoms with Crippen LogP contribution in [0.2, 0.25) is 0 Å². The molecule has 4 heterocycles. The molecule has 5 rings (SSSR count). The number of nitrogens with zero attached hydrogens (tertiary/aromatic N) is 1. The van der Waals surface area contributed by atoms with Crippen LogP contribution in [0.25, 0.3) is 0 Å². The molecule has 4 unspecified atom stereocenters. The van der Waals surface area contributed by atoms with Gasteiger partial charge in [-0.2, -0.15) is 0 Å². The molecule has 4 aliphatic rings. The van der Waals surface area contributed by atoms with E-state index in [1.807, 2.05) is 30.0 Å². The fourth-order valence-corrected chi connectivity index (χ4v) is 5.50. The number of nitrogens with one attached hydrogen (secondary N) is 1. The number of anilines is 1. The third-order valence-corrected chi connectivity index (χ3v) is 6.94. The molecule has 1 aromatic carbocycles. The summed E-state index contributed by atoms with van der Waals surface area (Å²) in [5.74, 6) is -1.10. The average Bonchev–Trinajstić information content (AvgIpc) is 3.51. The van der Waals surface area contributed by atoms with Crippen molar-refractivity contribution in [3.63, 3.8) is 0 Å². The number of hydrogen-bond donors (Lipinski definition) is 1. The highest BCUT2D eigenvalue weighted by molar-refractivity contribution is 6.05. The highest BCUT2D eigenvalue weighted by Gasteiger charge is 2.59. The SMILES string of the molecule is COC(=O)C1=C(C(=O)OC)C2(C3CC(N4CCCC4=O)c4cc(C)ccc4N3)C=CC1O2. The number of likely N-dealkylation sites (tertiary alicyclic amines) is 1. The van der Waals surface area contributed by atoms with Crippen molar-refractivity contribution >= 4 is 23.5 Å². The zero-order valence-electron chi connectivity index (χ0n) is 18.3. The van der Waals surface area contributed by atoms with E-state index in [9.17, 15) is 14.4 Å². The van der Waals surface area contributed by atoms with E-state index < -0.39 is 29.7 Å². The van der Waals surface area contributed by atoms with Crippen molar-refractivity contribution < 1.29 is 28.6 Å². The number of rotatable bonds is 4. The Bertz CT molecular complexity index is 1080. The van der Waals surface area contributed by atoms with Gasteiger partial charge in [-0.1, -0.05) is 23.8 Å². The van der Waals surface area contributed by atoms with Gasteiger partial charge in [0.25, 0.3) is 0 Å². The van der Waals surface area contributed by atoms with Gasteiger partial charge in [-0.25, -0.2) is 9.59 Å². The lowest BCUT2D eigenvalue weighted by Crippen LogP contribution is -2.52. The summed E-state index contributed by atoms with van der Waals surface area (Å²) in [6, 6.07) is 5.56. The fraction of sp³-hybridized carbons (Fsp3) is 0.458. The summed E-state index contributed by atoms with van der Waals surface area (Å²) in [5.41, 5.74) is 2.21. The zero-order chi connectivity index (χ0) is 22.6. The molecule has 32 heavy (non-hydrogen) atoms. The normalized spacial score (nSPS) is 30.4. The lowest BCUT2D eigenvalue weighted by atomic mass is 9.76. The smallest absolute Gasteiger partial charge is 0.337 e. The summed E-state index contributed by atoms with van der Waals surface area (Å²) >= 11 is 0. The number of methoxy groups -OCH3 is 2. The average molecular weight is 438 g/mol. The van der Waals surface area contributed by atoms with Gasteiger partial charge in [0.1, 0.15) is 11.7 Å². The summed E-state index contributed by atoms with van der Waals surface area (Å²) < 4.78 is 16.3. The maximum atomic E-state index is 12.9. The van der Waals surface area contributed by atoms with Crippen LogP contribution in [-0.2, 0) is 28.6 Å². The van der Waals surface area contributed by atoms with Crippen LogP contribution in [0.5, 0.6) is 0 Å². The molecule has 1 saturated heterocycles. The van der Waals surface area contributed by atoms with Crippen molar-refractivity contribution in [3.05, 3.63) is 52.6 Å². The first-order chi connectivity index (χ1) is 15.4. The summed E-state index contributed by atoms with van der Waals surface area (Å²) in [5, 5.41) is 3.53. The van der Waals surface area contributed by atoms with Crippen LogP contribution in [0.15, 0.2) is 41.5 Å². The van der Waals surface area contributed by atoms with Gasteiger partial charge < -0.3 is 24.4 Å². The molecular weight excluding hydrogens is 412 g/mol. The molecule has 1 fully saturated rings. The monoisotopic (exact) mass is 438 g/mol. The largest absolute Gasteiger partial charge is 0.466 e. The number of amides is 1. The minimum atomic E-state index is -1.19. The molecule has 2 bridgehead atoms. The topological polar surface area (TPSA) is 94.2 Å². The summed E-state index contributed by atoms with van der Waals surface area (Å²) in [6.07, 6.45) is 4.83. The third-order valence-electron chi connectivity index (χ3n) is 6.94. The van der Waals surface area contributed by atoms with E-state index in [0.29, 0.717) is 19.4 Å². The molecule has 168 valence electrons. The molecule has 0 saturated carbocycles. The lowest BCUT2D eigenvalue weighted by Gasteiger charge is -2.44. The van der Waals surface area contributed by atoms with E-state index >= 15 is 0 Å². The number of carbonyl (C=O) groups is 3. The quantitative estimate of drug-likeness (QED) is 0.569. The number of aryl methyl sites for hydroxylation is 1. The molecule has 0 radical (unpaired) electrons. The van der Waals surface area contributed by atoms with Crippen molar-refractivity contribution in [1.82, 2.24) is 4.90 Å². The number of benzene rings is 1. The number of carbonyl (C=O) groups excluding carboxylic acids is 3. The van der Waals surface area contributed by atoms with E-state index in [4.69, 9.17) is 14.2 Å². The van der Waals surface area contributed by atoms with E-state index in [2.05, 4.69) is 11.4 Å². The van der Waals surface area contributed by atoms with E-state index in [1.165, 1.54) is 14.2 Å². The van der Waals surface area contributed by atoms with Gasteiger partial charge in [-0.15, -0.1) is 0 Å². The first-order valence-electron chi connectivity index (χ1n) is 10.8. The minimum Gasteiger partial charge on any atom is -0.466 e. The molecule has 0 aliphatic carbocycles. The Morgan fingerprint density at radius 2 is 2.00 bits per heavy atom. The van der Waals surface area contributed by atoms with Crippen molar-refractivity contribution in [3.8, 4) is 0 Å². The van der Waals surface area contributed by atoms with Crippen LogP contribution < -0.4 is 5.32 Å². The van der Waals surface area contributed by atoms with Crippen LogP contribution in [0.1, 0.15) is 36.4 Å². The van der Waals surface area contributed by atoms with Gasteiger partial charge in [-0.05, 0) is 37.5 Å². The summed E-state index contributed by atoms with van der Waals surface area (Å²) in [6.45, 7) is 2.72. The van der Waals surface area contributed by atoms with Gasteiger partial charge in [-0.3, -0.25) is 4.79 Å². The number of ether oxygens (including phenoxy) is 3. The van der Waals surface area contributed by atoms with Crippen LogP contribution in [0, 0.1) is 6.92 Å². The van der Waals surface area contributed by atoms with E-state index in [0.717, 1.165) is 23.2 Å². The number of hydrogen-bond acceptors (Lipinski definition) is 7. The van der Waals surface area contributed by atoms with Gasteiger partial charge in [0.05, 0.1) is 37.4 Å². The predicted molar refractivity (Wildman–Crippen MR) is 115 cm³/mol. The predicted octanol–water partition coefficient (Wildman–Crippen LogP) is 2.19.